The van der Waals surface area contributed by atoms with Crippen molar-refractivity contribution in [1.82, 2.24) is 4.90 Å². The van der Waals surface area contributed by atoms with Gasteiger partial charge in [-0.25, -0.2) is 0 Å². The second kappa shape index (κ2) is 6.88. The van der Waals surface area contributed by atoms with Gasteiger partial charge in [0.15, 0.2) is 0 Å². The highest BCUT2D eigenvalue weighted by Crippen LogP contribution is 2.23. The van der Waals surface area contributed by atoms with Gasteiger partial charge in [-0.2, -0.15) is 0 Å². The molecule has 0 aliphatic heterocycles. The Hall–Kier alpha value is -1.36. The van der Waals surface area contributed by atoms with E-state index in [0.29, 0.717) is 24.0 Å². The Kier molecular flexibility index (Phi) is 5.17. The lowest BCUT2D eigenvalue weighted by Gasteiger charge is -2.21. The Morgan fingerprint density at radius 2 is 1.60 bits per heavy atom. The van der Waals surface area contributed by atoms with Crippen molar-refractivity contribution in [3.05, 3.63) is 20.4 Å². The minimum atomic E-state index is -0.375. The first-order valence-corrected chi connectivity index (χ1v) is 7.58. The van der Waals surface area contributed by atoms with Gasteiger partial charge in [-0.05, 0) is 26.9 Å². The number of anilines is 2. The molecule has 20 heavy (non-hydrogen) atoms. The van der Waals surface area contributed by atoms with Gasteiger partial charge in [-0.15, -0.1) is 0 Å². The van der Waals surface area contributed by atoms with E-state index >= 15 is 0 Å². The van der Waals surface area contributed by atoms with Crippen molar-refractivity contribution in [3.8, 4) is 0 Å². The smallest absolute Gasteiger partial charge is 0.253 e. The van der Waals surface area contributed by atoms with Crippen LogP contribution in [0, 0.1) is 0 Å². The van der Waals surface area contributed by atoms with Crippen molar-refractivity contribution in [2.24, 2.45) is 0 Å². The lowest BCUT2D eigenvalue weighted by atomic mass is 10.1. The molecule has 0 atom stereocenters. The Balaban J connectivity index is 1.95. The molecule has 1 aromatic rings. The van der Waals surface area contributed by atoms with Crippen LogP contribution in [0.1, 0.15) is 38.5 Å². The van der Waals surface area contributed by atoms with Crippen molar-refractivity contribution >= 4 is 11.4 Å². The fourth-order valence-electron chi connectivity index (χ4n) is 2.73. The maximum absolute atomic E-state index is 11.7. The third kappa shape index (κ3) is 3.60. The Morgan fingerprint density at radius 1 is 1.00 bits per heavy atom. The number of hydrogen-bond donors (Lipinski definition) is 2. The highest BCUT2D eigenvalue weighted by atomic mass is 16.2. The Labute approximate surface area is 120 Å². The molecule has 0 radical (unpaired) electrons. The van der Waals surface area contributed by atoms with Gasteiger partial charge in [0.25, 0.3) is 10.9 Å². The summed E-state index contributed by atoms with van der Waals surface area (Å²) in [5.41, 5.74) is 0.267. The summed E-state index contributed by atoms with van der Waals surface area (Å²) in [6.45, 7) is 1.51. The van der Waals surface area contributed by atoms with E-state index in [1.165, 1.54) is 25.7 Å². The molecule has 2 rings (SSSR count). The lowest BCUT2D eigenvalue weighted by Crippen LogP contribution is -2.40. The molecular weight excluding hydrogens is 254 g/mol. The first-order valence-electron chi connectivity index (χ1n) is 7.58. The van der Waals surface area contributed by atoms with Gasteiger partial charge < -0.3 is 15.5 Å². The summed E-state index contributed by atoms with van der Waals surface area (Å²) >= 11 is 0. The third-order valence-electron chi connectivity index (χ3n) is 3.97. The van der Waals surface area contributed by atoms with E-state index < -0.39 is 0 Å². The van der Waals surface area contributed by atoms with Crippen molar-refractivity contribution < 1.29 is 0 Å². The average molecular weight is 279 g/mol. The zero-order chi connectivity index (χ0) is 14.5. The van der Waals surface area contributed by atoms with Crippen molar-refractivity contribution in [3.63, 3.8) is 0 Å². The second-order valence-electron chi connectivity index (χ2n) is 5.97. The summed E-state index contributed by atoms with van der Waals surface area (Å²) in [5, 5.41) is 6.39. The summed E-state index contributed by atoms with van der Waals surface area (Å²) in [6.07, 6.45) is 7.15. The maximum Gasteiger partial charge on any atom is 0.253 e. The van der Waals surface area contributed by atoms with E-state index in [2.05, 4.69) is 10.6 Å². The van der Waals surface area contributed by atoms with Crippen molar-refractivity contribution in [2.45, 2.75) is 44.6 Å². The molecule has 1 fully saturated rings. The van der Waals surface area contributed by atoms with Crippen molar-refractivity contribution in [1.29, 1.82) is 0 Å². The first kappa shape index (κ1) is 15.0. The molecule has 5 heteroatoms. The molecule has 1 saturated carbocycles. The summed E-state index contributed by atoms with van der Waals surface area (Å²) in [5.74, 6) is 0. The van der Waals surface area contributed by atoms with Crippen LogP contribution in [0.2, 0.25) is 0 Å². The van der Waals surface area contributed by atoms with Crippen LogP contribution in [-0.4, -0.2) is 38.1 Å². The van der Waals surface area contributed by atoms with Gasteiger partial charge in [0.2, 0.25) is 0 Å². The molecule has 0 spiro atoms. The number of rotatable bonds is 6. The molecule has 0 saturated heterocycles. The SMILES string of the molecule is CN(C)CCNc1c(NC2CCCCCC2)c(=O)c1=O. The molecule has 5 nitrogen and oxygen atoms in total. The fourth-order valence-corrected chi connectivity index (χ4v) is 2.73. The Morgan fingerprint density at radius 3 is 2.20 bits per heavy atom. The molecule has 0 heterocycles. The van der Waals surface area contributed by atoms with Gasteiger partial charge in [0.1, 0.15) is 11.4 Å². The predicted octanol–water partition coefficient (Wildman–Crippen LogP) is 1.39. The summed E-state index contributed by atoms with van der Waals surface area (Å²) < 4.78 is 0. The van der Waals surface area contributed by atoms with E-state index in [1.54, 1.807) is 0 Å². The van der Waals surface area contributed by atoms with E-state index in [-0.39, 0.29) is 10.9 Å². The van der Waals surface area contributed by atoms with Crippen molar-refractivity contribution in [2.75, 3.05) is 37.8 Å². The van der Waals surface area contributed by atoms with E-state index in [9.17, 15) is 9.59 Å². The van der Waals surface area contributed by atoms with E-state index in [4.69, 9.17) is 0 Å². The van der Waals surface area contributed by atoms with Gasteiger partial charge in [0.05, 0.1) is 0 Å². The number of nitrogens with one attached hydrogen (secondary N) is 2. The Bertz CT molecular complexity index is 495. The van der Waals surface area contributed by atoms with Crippen LogP contribution in [0.5, 0.6) is 0 Å². The molecule has 1 aliphatic rings. The highest BCUT2D eigenvalue weighted by Gasteiger charge is 2.23. The molecule has 1 aromatic carbocycles. The van der Waals surface area contributed by atoms with Crippen LogP contribution >= 0.6 is 0 Å². The lowest BCUT2D eigenvalue weighted by molar-refractivity contribution is 0.425. The summed E-state index contributed by atoms with van der Waals surface area (Å²) in [6, 6.07) is 0.343. The molecule has 112 valence electrons. The monoisotopic (exact) mass is 279 g/mol. The summed E-state index contributed by atoms with van der Waals surface area (Å²) in [4.78, 5) is 25.4. The molecule has 0 unspecified atom stereocenters. The molecule has 0 bridgehead atoms. The molecule has 0 amide bonds. The second-order valence-corrected chi connectivity index (χ2v) is 5.97. The van der Waals surface area contributed by atoms with Gasteiger partial charge >= 0.3 is 0 Å². The topological polar surface area (TPSA) is 61.4 Å². The normalized spacial score (nSPS) is 17.4. The molecule has 2 N–H and O–H groups in total. The largest absolute Gasteiger partial charge is 0.379 e. The number of hydrogen-bond acceptors (Lipinski definition) is 5. The van der Waals surface area contributed by atoms with Crippen LogP contribution in [0.4, 0.5) is 11.4 Å². The van der Waals surface area contributed by atoms with Crippen LogP contribution < -0.4 is 21.5 Å². The standard InChI is InChI=1S/C15H25N3O2/c1-18(2)10-9-16-12-13(15(20)14(12)19)17-11-7-5-3-4-6-8-11/h11,16-17H,3-10H2,1-2H3. The quantitative estimate of drug-likeness (QED) is 0.609. The van der Waals surface area contributed by atoms with Crippen LogP contribution in [0.25, 0.3) is 0 Å². The third-order valence-corrected chi connectivity index (χ3v) is 3.97. The zero-order valence-corrected chi connectivity index (χ0v) is 12.5. The van der Waals surface area contributed by atoms with Gasteiger partial charge in [-0.3, -0.25) is 9.59 Å². The fraction of sp³-hybridized carbons (Fsp3) is 0.733. The van der Waals surface area contributed by atoms with E-state index in [1.807, 2.05) is 19.0 Å². The zero-order valence-electron chi connectivity index (χ0n) is 12.5. The summed E-state index contributed by atoms with van der Waals surface area (Å²) in [7, 11) is 3.96. The molecular formula is C15H25N3O2. The van der Waals surface area contributed by atoms with Crippen LogP contribution in [0.15, 0.2) is 9.59 Å². The maximum atomic E-state index is 11.7. The van der Waals surface area contributed by atoms with Gasteiger partial charge in [0, 0.05) is 19.1 Å². The van der Waals surface area contributed by atoms with E-state index in [0.717, 1.165) is 19.4 Å². The minimum absolute atomic E-state index is 0.343. The number of nitrogens with zero attached hydrogens (tertiary/aromatic N) is 1. The van der Waals surface area contributed by atoms with Crippen LogP contribution in [-0.2, 0) is 0 Å². The number of likely N-dealkylation sites (N-methyl/N-ethyl adjacent to an activating group) is 1. The minimum Gasteiger partial charge on any atom is -0.379 e. The first-order chi connectivity index (χ1) is 9.59. The highest BCUT2D eigenvalue weighted by molar-refractivity contribution is 5.74. The average Bonchev–Trinajstić information content (AvgIpc) is 2.69. The van der Waals surface area contributed by atoms with Gasteiger partial charge in [-0.1, -0.05) is 25.7 Å². The molecule has 1 aliphatic carbocycles. The van der Waals surface area contributed by atoms with Crippen LogP contribution in [0.3, 0.4) is 0 Å². The molecule has 0 aromatic heterocycles. The predicted molar refractivity (Wildman–Crippen MR) is 83.5 cm³/mol.